The zero-order valence-electron chi connectivity index (χ0n) is 14.3. The van der Waals surface area contributed by atoms with Crippen LogP contribution >= 0.6 is 47.8 Å². The summed E-state index contributed by atoms with van der Waals surface area (Å²) in [6.45, 7) is 0.366. The zero-order chi connectivity index (χ0) is 20.0. The first-order valence-corrected chi connectivity index (χ1v) is 10.2. The van der Waals surface area contributed by atoms with Gasteiger partial charge in [0.25, 0.3) is 5.91 Å². The lowest BCUT2D eigenvalue weighted by Crippen LogP contribution is -2.33. The van der Waals surface area contributed by atoms with Gasteiger partial charge >= 0.3 is 0 Å². The Morgan fingerprint density at radius 3 is 2.30 bits per heavy atom. The van der Waals surface area contributed by atoms with Crippen LogP contribution in [0.5, 0.6) is 11.5 Å². The van der Waals surface area contributed by atoms with Crippen molar-refractivity contribution in [2.75, 3.05) is 13.7 Å². The van der Waals surface area contributed by atoms with Gasteiger partial charge in [0.1, 0.15) is 17.2 Å². The number of nitrogens with zero attached hydrogens (tertiary/aromatic N) is 1. The minimum Gasteiger partial charge on any atom is -0.507 e. The van der Waals surface area contributed by atoms with E-state index in [2.05, 4.69) is 58.3 Å². The highest BCUT2D eigenvalue weighted by atomic mass is 79.9. The molecule has 0 saturated heterocycles. The molecule has 3 N–H and O–H groups in total. The summed E-state index contributed by atoms with van der Waals surface area (Å²) in [5.74, 6) is 0.360. The highest BCUT2D eigenvalue weighted by molar-refractivity contribution is 9.11. The van der Waals surface area contributed by atoms with Gasteiger partial charge in [0.2, 0.25) is 0 Å². The molecule has 9 heteroatoms. The van der Waals surface area contributed by atoms with Crippen LogP contribution in [0, 0.1) is 0 Å². The molecule has 27 heavy (non-hydrogen) atoms. The predicted molar refractivity (Wildman–Crippen MR) is 114 cm³/mol. The number of nitrogens with one attached hydrogen (secondary N) is 1. The Bertz CT molecular complexity index is 849. The molecule has 0 aliphatic rings. The first-order valence-electron chi connectivity index (χ1n) is 7.84. The molecule has 2 aromatic carbocycles. The van der Waals surface area contributed by atoms with Crippen molar-refractivity contribution in [2.24, 2.45) is 5.16 Å². The average molecular weight is 565 g/mol. The second-order valence-corrected chi connectivity index (χ2v) is 8.17. The van der Waals surface area contributed by atoms with E-state index in [0.29, 0.717) is 23.2 Å². The van der Waals surface area contributed by atoms with Crippen molar-refractivity contribution in [1.82, 2.24) is 5.32 Å². The number of carbonyl (C=O) groups is 1. The van der Waals surface area contributed by atoms with Gasteiger partial charge in [-0.25, -0.2) is 0 Å². The largest absolute Gasteiger partial charge is 0.507 e. The number of phenolic OH excluding ortho intramolecular Hbond substituents is 1. The summed E-state index contributed by atoms with van der Waals surface area (Å²) in [6, 6.07) is 8.75. The summed E-state index contributed by atoms with van der Waals surface area (Å²) in [5, 5.41) is 24.6. The second-order valence-electron chi connectivity index (χ2n) is 5.61. The monoisotopic (exact) mass is 562 g/mol. The Labute approximate surface area is 182 Å². The number of hydrogen-bond acceptors (Lipinski definition) is 5. The lowest BCUT2D eigenvalue weighted by molar-refractivity contribution is -0.115. The topological polar surface area (TPSA) is 91.2 Å². The molecule has 2 rings (SSSR count). The molecule has 0 atom stereocenters. The van der Waals surface area contributed by atoms with Crippen LogP contribution in [0.2, 0.25) is 0 Å². The van der Waals surface area contributed by atoms with E-state index >= 15 is 0 Å². The number of aromatic hydroxyl groups is 1. The summed E-state index contributed by atoms with van der Waals surface area (Å²) in [7, 11) is 1.56. The molecule has 6 nitrogen and oxygen atoms in total. The number of rotatable bonds is 7. The van der Waals surface area contributed by atoms with Gasteiger partial charge in [-0.15, -0.1) is 0 Å². The third kappa shape index (κ3) is 5.95. The minimum atomic E-state index is -0.446. The van der Waals surface area contributed by atoms with Crippen LogP contribution in [-0.4, -0.2) is 35.6 Å². The fourth-order valence-electron chi connectivity index (χ4n) is 2.39. The molecule has 2 aromatic rings. The van der Waals surface area contributed by atoms with Crippen molar-refractivity contribution < 1.29 is 19.8 Å². The number of oxime groups is 1. The third-order valence-corrected chi connectivity index (χ3v) is 5.54. The standard InChI is InChI=1S/C18H17Br3N2O4/c1-27-17-13(20)7-11(8-14(17)21)9-15(23-26)18(25)22-5-4-10-2-3-16(24)12(19)6-10/h2-3,6-8,24,26H,4-5,9H2,1H3,(H,22,25)/b23-15+. The van der Waals surface area contributed by atoms with Gasteiger partial charge in [-0.05, 0) is 89.6 Å². The van der Waals surface area contributed by atoms with E-state index in [-0.39, 0.29) is 17.9 Å². The van der Waals surface area contributed by atoms with Gasteiger partial charge in [0, 0.05) is 13.0 Å². The molecule has 0 heterocycles. The Morgan fingerprint density at radius 1 is 1.11 bits per heavy atom. The molecule has 1 amide bonds. The van der Waals surface area contributed by atoms with Crippen LogP contribution in [-0.2, 0) is 17.6 Å². The fraction of sp³-hybridized carbons (Fsp3) is 0.222. The molecule has 0 bridgehead atoms. The quantitative estimate of drug-likeness (QED) is 0.264. The van der Waals surface area contributed by atoms with Crippen LogP contribution in [0.3, 0.4) is 0 Å². The van der Waals surface area contributed by atoms with Crippen molar-refractivity contribution in [1.29, 1.82) is 0 Å². The first-order chi connectivity index (χ1) is 12.8. The maximum atomic E-state index is 12.3. The summed E-state index contributed by atoms with van der Waals surface area (Å²) in [4.78, 5) is 12.3. The molecule has 0 aliphatic carbocycles. The SMILES string of the molecule is COc1c(Br)cc(C/C(=N\O)C(=O)NCCc2ccc(O)c(Br)c2)cc1Br. The molecular formula is C18H17Br3N2O4. The molecule has 0 fully saturated rings. The van der Waals surface area contributed by atoms with Gasteiger partial charge in [0.15, 0.2) is 0 Å². The number of halogens is 3. The van der Waals surface area contributed by atoms with E-state index < -0.39 is 5.91 Å². The molecular weight excluding hydrogens is 548 g/mol. The van der Waals surface area contributed by atoms with E-state index in [1.54, 1.807) is 37.4 Å². The van der Waals surface area contributed by atoms with E-state index in [1.165, 1.54) is 0 Å². The van der Waals surface area contributed by atoms with Crippen molar-refractivity contribution in [2.45, 2.75) is 12.8 Å². The first kappa shape index (κ1) is 21.7. The minimum absolute atomic E-state index is 0.00542. The van der Waals surface area contributed by atoms with Crippen LogP contribution in [0.1, 0.15) is 11.1 Å². The van der Waals surface area contributed by atoms with Crippen LogP contribution in [0.15, 0.2) is 48.9 Å². The van der Waals surface area contributed by atoms with Crippen molar-refractivity contribution >= 4 is 59.4 Å². The number of methoxy groups -OCH3 is 1. The van der Waals surface area contributed by atoms with Gasteiger partial charge in [-0.3, -0.25) is 4.79 Å². The van der Waals surface area contributed by atoms with Gasteiger partial charge in [-0.2, -0.15) is 0 Å². The Kier molecular flexibility index (Phi) is 8.12. The van der Waals surface area contributed by atoms with Gasteiger partial charge in [-0.1, -0.05) is 11.2 Å². The third-order valence-electron chi connectivity index (χ3n) is 3.73. The van der Waals surface area contributed by atoms with Crippen LogP contribution in [0.25, 0.3) is 0 Å². The molecule has 0 aliphatic heterocycles. The average Bonchev–Trinajstić information content (AvgIpc) is 2.62. The maximum Gasteiger partial charge on any atom is 0.269 e. The normalized spacial score (nSPS) is 11.3. The number of ether oxygens (including phenoxy) is 1. The lowest BCUT2D eigenvalue weighted by Gasteiger charge is -2.10. The van der Waals surface area contributed by atoms with E-state index in [0.717, 1.165) is 20.1 Å². The second kappa shape index (κ2) is 10.1. The molecule has 0 unspecified atom stereocenters. The molecule has 0 radical (unpaired) electrons. The molecule has 0 saturated carbocycles. The Morgan fingerprint density at radius 2 is 1.74 bits per heavy atom. The van der Waals surface area contributed by atoms with Gasteiger partial charge in [0.05, 0.1) is 20.5 Å². The van der Waals surface area contributed by atoms with E-state index in [9.17, 15) is 15.1 Å². The number of carbonyl (C=O) groups excluding carboxylic acids is 1. The van der Waals surface area contributed by atoms with Gasteiger partial charge < -0.3 is 20.4 Å². The Balaban J connectivity index is 1.97. The van der Waals surface area contributed by atoms with Crippen molar-refractivity contribution in [3.8, 4) is 11.5 Å². The zero-order valence-corrected chi connectivity index (χ0v) is 19.1. The number of benzene rings is 2. The number of hydrogen-bond donors (Lipinski definition) is 3. The molecule has 0 aromatic heterocycles. The summed E-state index contributed by atoms with van der Waals surface area (Å²) < 4.78 is 7.30. The number of amides is 1. The summed E-state index contributed by atoms with van der Waals surface area (Å²) in [5.41, 5.74) is 1.73. The Hall–Kier alpha value is -1.58. The van der Waals surface area contributed by atoms with E-state index in [1.807, 2.05) is 0 Å². The highest BCUT2D eigenvalue weighted by Crippen LogP contribution is 2.34. The molecule has 0 spiro atoms. The smallest absolute Gasteiger partial charge is 0.269 e. The summed E-state index contributed by atoms with van der Waals surface area (Å²) >= 11 is 10.1. The van der Waals surface area contributed by atoms with Crippen molar-refractivity contribution in [3.05, 3.63) is 54.9 Å². The fourth-order valence-corrected chi connectivity index (χ4v) is 4.42. The van der Waals surface area contributed by atoms with Crippen molar-refractivity contribution in [3.63, 3.8) is 0 Å². The maximum absolute atomic E-state index is 12.3. The van der Waals surface area contributed by atoms with E-state index in [4.69, 9.17) is 4.74 Å². The number of phenols is 1. The molecule has 144 valence electrons. The predicted octanol–water partition coefficient (Wildman–Crippen LogP) is 4.42. The van der Waals surface area contributed by atoms with Crippen LogP contribution in [0.4, 0.5) is 0 Å². The highest BCUT2D eigenvalue weighted by Gasteiger charge is 2.15. The lowest BCUT2D eigenvalue weighted by atomic mass is 10.1. The van der Waals surface area contributed by atoms with Crippen LogP contribution < -0.4 is 10.1 Å². The summed E-state index contributed by atoms with van der Waals surface area (Å²) in [6.07, 6.45) is 0.733.